The van der Waals surface area contributed by atoms with Crippen molar-refractivity contribution in [1.82, 2.24) is 0 Å². The second kappa shape index (κ2) is 7.45. The molecule has 0 radical (unpaired) electrons. The molecular weight excluding hydrogens is 308 g/mol. The minimum Gasteiger partial charge on any atom is -0.282 e. The van der Waals surface area contributed by atoms with E-state index in [1.165, 1.54) is 12.8 Å². The number of unbranched alkanes of at least 4 members (excludes halogenated alkanes) is 3. The molecule has 0 heterocycles. The summed E-state index contributed by atoms with van der Waals surface area (Å²) in [5.41, 5.74) is 3.71. The third-order valence-electron chi connectivity index (χ3n) is 4.34. The van der Waals surface area contributed by atoms with E-state index in [0.717, 1.165) is 36.0 Å². The van der Waals surface area contributed by atoms with Gasteiger partial charge in [-0.05, 0) is 41.5 Å². The average molecular weight is 334 g/mol. The van der Waals surface area contributed by atoms with Crippen LogP contribution in [0.4, 0.5) is 0 Å². The Bertz CT molecular complexity index is 733. The minimum atomic E-state index is -4.21. The van der Waals surface area contributed by atoms with E-state index in [1.807, 2.05) is 18.2 Å². The molecule has 0 aromatic carbocycles. The summed E-state index contributed by atoms with van der Waals surface area (Å²) in [4.78, 5) is 0.0314. The third-order valence-corrected chi connectivity index (χ3v) is 5.23. The van der Waals surface area contributed by atoms with E-state index in [-0.39, 0.29) is 4.90 Å². The van der Waals surface area contributed by atoms with Gasteiger partial charge in [-0.3, -0.25) is 4.55 Å². The molecule has 0 saturated heterocycles. The Labute approximate surface area is 139 Å². The van der Waals surface area contributed by atoms with Crippen LogP contribution in [-0.2, 0) is 16.5 Å². The summed E-state index contributed by atoms with van der Waals surface area (Å²) in [7, 11) is -4.21. The molecule has 0 aromatic rings. The molecule has 23 heavy (non-hydrogen) atoms. The second-order valence-electron chi connectivity index (χ2n) is 6.47. The van der Waals surface area contributed by atoms with E-state index < -0.39 is 10.1 Å². The van der Waals surface area contributed by atoms with E-state index in [4.69, 9.17) is 0 Å². The number of fused-ring (bicyclic) bond motifs is 1. The highest BCUT2D eigenvalue weighted by Crippen LogP contribution is 2.36. The molecule has 0 fully saturated rings. The highest BCUT2D eigenvalue weighted by atomic mass is 32.2. The maximum Gasteiger partial charge on any atom is 0.295 e. The van der Waals surface area contributed by atoms with Crippen LogP contribution >= 0.6 is 0 Å². The Morgan fingerprint density at radius 2 is 1.65 bits per heavy atom. The van der Waals surface area contributed by atoms with Crippen LogP contribution in [-0.4, -0.2) is 13.0 Å². The summed E-state index contributed by atoms with van der Waals surface area (Å²) >= 11 is 0. The van der Waals surface area contributed by atoms with Crippen LogP contribution in [0.3, 0.4) is 0 Å². The van der Waals surface area contributed by atoms with E-state index in [2.05, 4.69) is 26.8 Å². The van der Waals surface area contributed by atoms with Crippen LogP contribution in [0.1, 0.15) is 63.5 Å². The Hall–Kier alpha value is -1.39. The van der Waals surface area contributed by atoms with Crippen molar-refractivity contribution in [2.75, 3.05) is 0 Å². The molecule has 2 aliphatic carbocycles. The molecule has 0 aromatic heterocycles. The zero-order chi connectivity index (χ0) is 17.0. The van der Waals surface area contributed by atoms with E-state index in [1.54, 1.807) is 6.07 Å². The third kappa shape index (κ3) is 4.33. The van der Waals surface area contributed by atoms with Gasteiger partial charge in [-0.25, -0.2) is 0 Å². The first-order valence-corrected chi connectivity index (χ1v) is 9.81. The van der Waals surface area contributed by atoms with Gasteiger partial charge < -0.3 is 0 Å². The Kier molecular flexibility index (Phi) is 5.82. The Balaban J connectivity index is 2.47. The molecule has 2 aliphatic rings. The molecule has 3 nitrogen and oxygen atoms in total. The van der Waals surface area contributed by atoms with Gasteiger partial charge in [0.25, 0.3) is 10.1 Å². The number of hydrogen-bond donors (Lipinski definition) is 1. The minimum absolute atomic E-state index is 0.0314. The smallest absolute Gasteiger partial charge is 0.282 e. The van der Waals surface area contributed by atoms with E-state index in [0.29, 0.717) is 11.5 Å². The lowest BCUT2D eigenvalue weighted by Crippen LogP contribution is -1.96. The monoisotopic (exact) mass is 334 g/mol. The van der Waals surface area contributed by atoms with Crippen LogP contribution in [0.25, 0.3) is 11.1 Å². The van der Waals surface area contributed by atoms with Gasteiger partial charge >= 0.3 is 0 Å². The zero-order valence-corrected chi connectivity index (χ0v) is 15.0. The highest BCUT2D eigenvalue weighted by molar-refractivity contribution is 7.86. The normalized spacial score (nSPS) is 12.2. The summed E-state index contributed by atoms with van der Waals surface area (Å²) in [6.45, 7) is 6.38. The second-order valence-corrected chi connectivity index (χ2v) is 7.86. The fourth-order valence-corrected chi connectivity index (χ4v) is 3.70. The highest BCUT2D eigenvalue weighted by Gasteiger charge is 2.22. The van der Waals surface area contributed by atoms with Gasteiger partial charge in [0, 0.05) is 5.56 Å². The maximum absolute atomic E-state index is 11.7. The molecule has 0 unspecified atom stereocenters. The predicted octanol–water partition coefficient (Wildman–Crippen LogP) is 5.28. The predicted molar refractivity (Wildman–Crippen MR) is 94.8 cm³/mol. The summed E-state index contributed by atoms with van der Waals surface area (Å²) in [6.07, 6.45) is 5.38. The summed E-state index contributed by atoms with van der Waals surface area (Å²) in [5.74, 6) is 0.369. The largest absolute Gasteiger partial charge is 0.295 e. The van der Waals surface area contributed by atoms with Gasteiger partial charge in [-0.15, -0.1) is 0 Å². The summed E-state index contributed by atoms with van der Waals surface area (Å²) in [5, 5.41) is 0. The fourth-order valence-electron chi connectivity index (χ4n) is 2.95. The van der Waals surface area contributed by atoms with Crippen LogP contribution < -0.4 is 0 Å². The lowest BCUT2D eigenvalue weighted by atomic mass is 10.0. The molecule has 126 valence electrons. The van der Waals surface area contributed by atoms with Gasteiger partial charge in [-0.2, -0.15) is 8.42 Å². The first-order valence-electron chi connectivity index (χ1n) is 8.37. The molecule has 2 rings (SSSR count). The summed E-state index contributed by atoms with van der Waals surface area (Å²) in [6, 6.07) is 9.46. The first-order chi connectivity index (χ1) is 10.8. The number of aryl methyl sites for hydroxylation is 1. The van der Waals surface area contributed by atoms with Gasteiger partial charge in [0.1, 0.15) is 4.90 Å². The van der Waals surface area contributed by atoms with Crippen molar-refractivity contribution in [2.24, 2.45) is 0 Å². The molecule has 4 heteroatoms. The number of rotatable bonds is 7. The quantitative estimate of drug-likeness (QED) is 0.553. The fraction of sp³-hybridized carbons (Fsp3) is 0.474. The molecule has 1 N–H and O–H groups in total. The average Bonchev–Trinajstić information content (AvgIpc) is 2.67. The van der Waals surface area contributed by atoms with Crippen molar-refractivity contribution in [3.63, 3.8) is 0 Å². The van der Waals surface area contributed by atoms with Crippen LogP contribution in [0.5, 0.6) is 0 Å². The first kappa shape index (κ1) is 18.0. The van der Waals surface area contributed by atoms with Crippen LogP contribution in [0, 0.1) is 0 Å². The molecule has 0 aliphatic heterocycles. The molecule has 0 bridgehead atoms. The van der Waals surface area contributed by atoms with Gasteiger partial charge in [0.05, 0.1) is 0 Å². The Morgan fingerprint density at radius 1 is 1.00 bits per heavy atom. The lowest BCUT2D eigenvalue weighted by molar-refractivity contribution is 0.484. The summed E-state index contributed by atoms with van der Waals surface area (Å²) < 4.78 is 33.0. The van der Waals surface area contributed by atoms with Crippen molar-refractivity contribution in [1.29, 1.82) is 0 Å². The van der Waals surface area contributed by atoms with Crippen molar-refractivity contribution >= 4 is 10.1 Å². The van der Waals surface area contributed by atoms with Crippen molar-refractivity contribution in [2.45, 2.75) is 63.7 Å². The van der Waals surface area contributed by atoms with Crippen molar-refractivity contribution in [3.8, 4) is 11.1 Å². The molecule has 0 saturated carbocycles. The van der Waals surface area contributed by atoms with Crippen LogP contribution in [0.2, 0.25) is 0 Å². The Morgan fingerprint density at radius 3 is 2.22 bits per heavy atom. The SMILES string of the molecule is CCCCCCc1cc(S(=O)(=O)O)c2ccc(C(C)C)ccc1-2. The van der Waals surface area contributed by atoms with E-state index in [9.17, 15) is 13.0 Å². The van der Waals surface area contributed by atoms with Gasteiger partial charge in [0.15, 0.2) is 0 Å². The lowest BCUT2D eigenvalue weighted by Gasteiger charge is -2.02. The van der Waals surface area contributed by atoms with Gasteiger partial charge in [0.2, 0.25) is 0 Å². The maximum atomic E-state index is 11.7. The zero-order valence-electron chi connectivity index (χ0n) is 14.2. The standard InChI is InChI=1S/C19H26O3S/c1-4-5-6-7-8-16-13-19(23(20,21)22)18-12-10-15(14(2)3)9-11-17(16)18/h9-14H,4-8H2,1-3H3,(H,20,21,22). The van der Waals surface area contributed by atoms with Crippen LogP contribution in [0.15, 0.2) is 35.2 Å². The van der Waals surface area contributed by atoms with E-state index >= 15 is 0 Å². The molecule has 0 atom stereocenters. The molecule has 0 amide bonds. The van der Waals surface area contributed by atoms with Crippen molar-refractivity contribution in [3.05, 3.63) is 41.5 Å². The molecule has 0 spiro atoms. The topological polar surface area (TPSA) is 54.4 Å². The molecular formula is C19H26O3S. The number of hydrogen-bond acceptors (Lipinski definition) is 2. The van der Waals surface area contributed by atoms with Gasteiger partial charge in [-0.1, -0.05) is 64.3 Å². The van der Waals surface area contributed by atoms with Crippen molar-refractivity contribution < 1.29 is 13.0 Å².